The quantitative estimate of drug-likeness (QED) is 0.640. The Morgan fingerprint density at radius 2 is 1.80 bits per heavy atom. The molecule has 30 heavy (non-hydrogen) atoms. The van der Waals surface area contributed by atoms with E-state index < -0.39 is 6.10 Å². The molecule has 1 aromatic heterocycles. The molecule has 1 atom stereocenters. The first-order chi connectivity index (χ1) is 14.6. The Bertz CT molecular complexity index is 955. The molecule has 1 aliphatic rings. The average molecular weight is 412 g/mol. The predicted molar refractivity (Wildman–Crippen MR) is 111 cm³/mol. The minimum atomic E-state index is -0.625. The number of halogens is 1. The zero-order chi connectivity index (χ0) is 20.9. The van der Waals surface area contributed by atoms with E-state index >= 15 is 0 Å². The third-order valence-corrected chi connectivity index (χ3v) is 5.11. The smallest absolute Gasteiger partial charge is 0.251 e. The molecule has 7 nitrogen and oxygen atoms in total. The van der Waals surface area contributed by atoms with Gasteiger partial charge in [0.1, 0.15) is 24.3 Å². The number of anilines is 1. The summed E-state index contributed by atoms with van der Waals surface area (Å²) in [6.45, 7) is 5.75. The molecule has 0 bridgehead atoms. The van der Waals surface area contributed by atoms with Crippen LogP contribution in [0.5, 0.6) is 5.75 Å². The highest BCUT2D eigenvalue weighted by molar-refractivity contribution is 5.62. The second-order valence-corrected chi connectivity index (χ2v) is 7.35. The monoisotopic (exact) mass is 412 g/mol. The lowest BCUT2D eigenvalue weighted by Crippen LogP contribution is -2.49. The number of aliphatic hydroxyl groups excluding tert-OH is 1. The van der Waals surface area contributed by atoms with Gasteiger partial charge >= 0.3 is 0 Å². The van der Waals surface area contributed by atoms with E-state index in [-0.39, 0.29) is 12.4 Å². The molecule has 2 aromatic carbocycles. The molecule has 1 saturated heterocycles. The van der Waals surface area contributed by atoms with Crippen LogP contribution in [0.2, 0.25) is 0 Å². The van der Waals surface area contributed by atoms with Gasteiger partial charge in [-0.2, -0.15) is 0 Å². The molecule has 0 aliphatic carbocycles. The molecule has 1 fully saturated rings. The van der Waals surface area contributed by atoms with Gasteiger partial charge < -0.3 is 19.2 Å². The number of aromatic nitrogens is 2. The number of ether oxygens (including phenoxy) is 1. The summed E-state index contributed by atoms with van der Waals surface area (Å²) < 4.78 is 24.4. The maximum absolute atomic E-state index is 13.1. The minimum Gasteiger partial charge on any atom is -0.490 e. The largest absolute Gasteiger partial charge is 0.490 e. The van der Waals surface area contributed by atoms with E-state index in [1.54, 1.807) is 19.1 Å². The van der Waals surface area contributed by atoms with Crippen LogP contribution in [0.3, 0.4) is 0 Å². The first-order valence-electron chi connectivity index (χ1n) is 10.0. The summed E-state index contributed by atoms with van der Waals surface area (Å²) in [5.74, 6) is 1.26. The van der Waals surface area contributed by atoms with Gasteiger partial charge in [0, 0.05) is 45.3 Å². The number of nitrogens with zero attached hydrogens (tertiary/aromatic N) is 4. The molecule has 0 saturated carbocycles. The van der Waals surface area contributed by atoms with Crippen molar-refractivity contribution in [2.75, 3.05) is 44.2 Å². The Morgan fingerprint density at radius 3 is 2.50 bits per heavy atom. The molecule has 0 amide bonds. The van der Waals surface area contributed by atoms with Gasteiger partial charge in [-0.3, -0.25) is 4.90 Å². The van der Waals surface area contributed by atoms with Gasteiger partial charge in [0.05, 0.1) is 5.56 Å². The van der Waals surface area contributed by atoms with Gasteiger partial charge in [0.25, 0.3) is 5.89 Å². The molecule has 1 aliphatic heterocycles. The van der Waals surface area contributed by atoms with Crippen molar-refractivity contribution >= 4 is 5.69 Å². The van der Waals surface area contributed by atoms with Crippen molar-refractivity contribution in [1.29, 1.82) is 0 Å². The summed E-state index contributed by atoms with van der Waals surface area (Å²) in [4.78, 5) is 4.43. The van der Waals surface area contributed by atoms with Gasteiger partial charge in [-0.05, 0) is 36.4 Å². The summed E-state index contributed by atoms with van der Waals surface area (Å²) in [7, 11) is 0. The molecule has 158 valence electrons. The number of β-amino-alcohol motifs (C(OH)–C–C–N with tert-alkyl or cyclic N) is 1. The molecule has 1 unspecified atom stereocenters. The number of aryl methyl sites for hydroxylation is 1. The Hall–Kier alpha value is -2.97. The van der Waals surface area contributed by atoms with Crippen molar-refractivity contribution in [3.63, 3.8) is 0 Å². The van der Waals surface area contributed by atoms with Crippen molar-refractivity contribution in [2.24, 2.45) is 0 Å². The Balaban J connectivity index is 1.27. The van der Waals surface area contributed by atoms with Crippen LogP contribution in [0.1, 0.15) is 5.89 Å². The molecular formula is C22H25FN4O3. The number of piperazine rings is 1. The molecule has 2 heterocycles. The Morgan fingerprint density at radius 1 is 1.07 bits per heavy atom. The standard InChI is InChI=1S/C22H25FN4O3/c1-16-24-25-22(30-16)20-4-2-3-5-21(20)29-15-19(28)14-26-10-12-27(13-11-26)18-8-6-17(23)7-9-18/h2-9,19,28H,10-15H2,1H3. The molecule has 3 aromatic rings. The van der Waals surface area contributed by atoms with Crippen LogP contribution in [0.15, 0.2) is 52.9 Å². The van der Waals surface area contributed by atoms with E-state index in [1.807, 2.05) is 24.3 Å². The molecule has 0 spiro atoms. The van der Waals surface area contributed by atoms with Crippen LogP contribution in [0, 0.1) is 12.7 Å². The van der Waals surface area contributed by atoms with Crippen molar-refractivity contribution < 1.29 is 18.7 Å². The van der Waals surface area contributed by atoms with Crippen molar-refractivity contribution in [1.82, 2.24) is 15.1 Å². The molecule has 8 heteroatoms. The number of aliphatic hydroxyl groups is 1. The van der Waals surface area contributed by atoms with Gasteiger partial charge in [-0.15, -0.1) is 10.2 Å². The van der Waals surface area contributed by atoms with Crippen LogP contribution in [0.4, 0.5) is 10.1 Å². The van der Waals surface area contributed by atoms with Crippen LogP contribution in [0.25, 0.3) is 11.5 Å². The van der Waals surface area contributed by atoms with E-state index in [2.05, 4.69) is 20.0 Å². The van der Waals surface area contributed by atoms with E-state index in [1.165, 1.54) is 12.1 Å². The minimum absolute atomic E-state index is 0.169. The summed E-state index contributed by atoms with van der Waals surface area (Å²) in [6.07, 6.45) is -0.625. The van der Waals surface area contributed by atoms with Crippen molar-refractivity contribution in [3.8, 4) is 17.2 Å². The fourth-order valence-corrected chi connectivity index (χ4v) is 3.55. The number of hydrogen-bond donors (Lipinski definition) is 1. The summed E-state index contributed by atoms with van der Waals surface area (Å²) >= 11 is 0. The molecule has 0 radical (unpaired) electrons. The first-order valence-corrected chi connectivity index (χ1v) is 10.0. The van der Waals surface area contributed by atoms with Crippen molar-refractivity contribution in [3.05, 3.63) is 60.2 Å². The summed E-state index contributed by atoms with van der Waals surface area (Å²) in [5, 5.41) is 18.4. The summed E-state index contributed by atoms with van der Waals surface area (Å²) in [6, 6.07) is 14.0. The average Bonchev–Trinajstić information content (AvgIpc) is 3.20. The van der Waals surface area contributed by atoms with E-state index in [4.69, 9.17) is 9.15 Å². The zero-order valence-electron chi connectivity index (χ0n) is 16.9. The van der Waals surface area contributed by atoms with Gasteiger partial charge in [-0.25, -0.2) is 4.39 Å². The molecule has 1 N–H and O–H groups in total. The second kappa shape index (κ2) is 9.23. The third kappa shape index (κ3) is 4.95. The normalized spacial score (nSPS) is 15.9. The first kappa shape index (κ1) is 20.3. The number of para-hydroxylation sites is 1. The van der Waals surface area contributed by atoms with Crippen LogP contribution in [-0.4, -0.2) is 65.6 Å². The van der Waals surface area contributed by atoms with E-state index in [9.17, 15) is 9.50 Å². The third-order valence-electron chi connectivity index (χ3n) is 5.11. The van der Waals surface area contributed by atoms with Gasteiger partial charge in [0.2, 0.25) is 5.89 Å². The number of rotatable bonds is 7. The SMILES string of the molecule is Cc1nnc(-c2ccccc2OCC(O)CN2CCN(c3ccc(F)cc3)CC2)o1. The fourth-order valence-electron chi connectivity index (χ4n) is 3.55. The highest BCUT2D eigenvalue weighted by Gasteiger charge is 2.20. The highest BCUT2D eigenvalue weighted by atomic mass is 19.1. The lowest BCUT2D eigenvalue weighted by atomic mass is 10.2. The Kier molecular flexibility index (Phi) is 6.25. The van der Waals surface area contributed by atoms with E-state index in [0.29, 0.717) is 29.6 Å². The molecular weight excluding hydrogens is 387 g/mol. The van der Waals surface area contributed by atoms with Crippen molar-refractivity contribution in [2.45, 2.75) is 13.0 Å². The highest BCUT2D eigenvalue weighted by Crippen LogP contribution is 2.28. The van der Waals surface area contributed by atoms with Gasteiger partial charge in [-0.1, -0.05) is 12.1 Å². The zero-order valence-corrected chi connectivity index (χ0v) is 16.9. The Labute approximate surface area is 174 Å². The number of hydrogen-bond acceptors (Lipinski definition) is 7. The fraction of sp³-hybridized carbons (Fsp3) is 0.364. The molecule has 4 rings (SSSR count). The lowest BCUT2D eigenvalue weighted by Gasteiger charge is -2.36. The van der Waals surface area contributed by atoms with Crippen LogP contribution >= 0.6 is 0 Å². The number of benzene rings is 2. The predicted octanol–water partition coefficient (Wildman–Crippen LogP) is 2.75. The maximum atomic E-state index is 13.1. The topological polar surface area (TPSA) is 74.9 Å². The van der Waals surface area contributed by atoms with E-state index in [0.717, 1.165) is 31.9 Å². The van der Waals surface area contributed by atoms with Crippen LogP contribution in [-0.2, 0) is 0 Å². The lowest BCUT2D eigenvalue weighted by molar-refractivity contribution is 0.0664. The maximum Gasteiger partial charge on any atom is 0.251 e. The van der Waals surface area contributed by atoms with Gasteiger partial charge in [0.15, 0.2) is 0 Å². The van der Waals surface area contributed by atoms with Crippen LogP contribution < -0.4 is 9.64 Å². The second-order valence-electron chi connectivity index (χ2n) is 7.35. The summed E-state index contributed by atoms with van der Waals surface area (Å²) in [5.41, 5.74) is 1.73.